The predicted molar refractivity (Wildman–Crippen MR) is 91.3 cm³/mol. The van der Waals surface area contributed by atoms with Crippen LogP contribution in [0, 0.1) is 6.92 Å². The minimum absolute atomic E-state index is 0.139. The smallest absolute Gasteiger partial charge is 0.345 e. The maximum Gasteiger partial charge on any atom is 0.345 e. The van der Waals surface area contributed by atoms with Crippen molar-refractivity contribution >= 4 is 29.3 Å². The highest BCUT2D eigenvalue weighted by atomic mass is 32.2. The van der Waals surface area contributed by atoms with E-state index in [-0.39, 0.29) is 11.7 Å². The number of nitrogens with one attached hydrogen (secondary N) is 2. The molecule has 7 nitrogen and oxygen atoms in total. The number of nitrogens with zero attached hydrogens (tertiary/aromatic N) is 1. The Balaban J connectivity index is 1.91. The third-order valence-electron chi connectivity index (χ3n) is 2.98. The molecular weight excluding hydrogens is 330 g/mol. The van der Waals surface area contributed by atoms with E-state index in [1.165, 1.54) is 18.0 Å². The third-order valence-corrected chi connectivity index (χ3v) is 4.10. The molecule has 24 heavy (non-hydrogen) atoms. The quantitative estimate of drug-likeness (QED) is 0.471. The number of hydrogen-bond donors (Lipinski definition) is 2. The number of aryl methyl sites for hydroxylation is 1. The molecule has 0 saturated heterocycles. The summed E-state index contributed by atoms with van der Waals surface area (Å²) in [6, 6.07) is 6.44. The van der Waals surface area contributed by atoms with E-state index in [2.05, 4.69) is 15.3 Å². The number of aromatic amines is 1. The zero-order valence-corrected chi connectivity index (χ0v) is 14.1. The molecule has 0 unspecified atom stereocenters. The largest absolute Gasteiger partial charge is 0.462 e. The molecule has 0 atom stereocenters. The lowest BCUT2D eigenvalue weighted by Crippen LogP contribution is -2.16. The maximum atomic E-state index is 12.0. The van der Waals surface area contributed by atoms with E-state index >= 15 is 0 Å². The first-order valence-corrected chi connectivity index (χ1v) is 8.24. The van der Waals surface area contributed by atoms with Crippen molar-refractivity contribution < 1.29 is 14.3 Å². The van der Waals surface area contributed by atoms with Crippen LogP contribution in [0.1, 0.15) is 22.8 Å². The molecule has 0 aliphatic rings. The number of amides is 1. The number of H-pyrrole nitrogens is 1. The Labute approximate surface area is 142 Å². The zero-order chi connectivity index (χ0) is 17.5. The lowest BCUT2D eigenvalue weighted by Gasteiger charge is -2.07. The average molecular weight is 347 g/mol. The number of esters is 1. The van der Waals surface area contributed by atoms with Gasteiger partial charge < -0.3 is 15.0 Å². The van der Waals surface area contributed by atoms with Crippen LogP contribution in [-0.4, -0.2) is 34.2 Å². The number of hydrogen-bond acceptors (Lipinski definition) is 6. The summed E-state index contributed by atoms with van der Waals surface area (Å²) < 4.78 is 4.89. The molecule has 1 amide bonds. The van der Waals surface area contributed by atoms with Gasteiger partial charge in [0.25, 0.3) is 0 Å². The monoisotopic (exact) mass is 347 g/mol. The summed E-state index contributed by atoms with van der Waals surface area (Å²) >= 11 is 1.22. The molecule has 0 aliphatic carbocycles. The first-order chi connectivity index (χ1) is 11.5. The van der Waals surface area contributed by atoms with Crippen LogP contribution in [-0.2, 0) is 9.53 Å². The topological polar surface area (TPSA) is 101 Å². The summed E-state index contributed by atoms with van der Waals surface area (Å²) in [7, 11) is 0. The second-order valence-corrected chi connectivity index (χ2v) is 5.82. The minimum atomic E-state index is -0.446. The molecule has 0 spiro atoms. The van der Waals surface area contributed by atoms with Gasteiger partial charge in [0.2, 0.25) is 5.91 Å². The second kappa shape index (κ2) is 8.30. The van der Waals surface area contributed by atoms with Gasteiger partial charge in [0.15, 0.2) is 0 Å². The fourth-order valence-electron chi connectivity index (χ4n) is 1.83. The molecule has 1 aromatic carbocycles. The standard InChI is InChI=1S/C16H17N3O4S/c1-3-23-15(21)11-4-6-12(7-5-11)18-13(20)9-24-14-10(2)8-17-16(22)19-14/h4-8H,3,9H2,1-2H3,(H,18,20)(H,17,19,22). The molecule has 0 aliphatic heterocycles. The van der Waals surface area contributed by atoms with Crippen molar-refractivity contribution in [3.8, 4) is 0 Å². The van der Waals surface area contributed by atoms with Crippen molar-refractivity contribution in [2.24, 2.45) is 0 Å². The zero-order valence-electron chi connectivity index (χ0n) is 13.3. The lowest BCUT2D eigenvalue weighted by molar-refractivity contribution is -0.113. The summed E-state index contributed by atoms with van der Waals surface area (Å²) in [6.07, 6.45) is 1.47. The van der Waals surface area contributed by atoms with Crippen molar-refractivity contribution in [1.29, 1.82) is 0 Å². The SMILES string of the molecule is CCOC(=O)c1ccc(NC(=O)CSc2[nH]c(=O)ncc2C)cc1. The fourth-order valence-corrected chi connectivity index (χ4v) is 2.62. The summed E-state index contributed by atoms with van der Waals surface area (Å²) in [5, 5.41) is 3.34. The van der Waals surface area contributed by atoms with Crippen LogP contribution in [0.25, 0.3) is 0 Å². The van der Waals surface area contributed by atoms with Crippen molar-refractivity contribution in [3.63, 3.8) is 0 Å². The van der Waals surface area contributed by atoms with Gasteiger partial charge >= 0.3 is 11.7 Å². The Hall–Kier alpha value is -2.61. The van der Waals surface area contributed by atoms with Crippen LogP contribution in [0.4, 0.5) is 5.69 Å². The number of thioether (sulfide) groups is 1. The van der Waals surface area contributed by atoms with Gasteiger partial charge in [0.1, 0.15) is 0 Å². The molecule has 1 aromatic heterocycles. The number of carbonyl (C=O) groups excluding carboxylic acids is 2. The van der Waals surface area contributed by atoms with Gasteiger partial charge in [-0.2, -0.15) is 0 Å². The molecule has 2 N–H and O–H groups in total. The molecule has 1 heterocycles. The van der Waals surface area contributed by atoms with E-state index in [0.29, 0.717) is 22.9 Å². The van der Waals surface area contributed by atoms with Crippen LogP contribution in [0.3, 0.4) is 0 Å². The number of ether oxygens (including phenoxy) is 1. The highest BCUT2D eigenvalue weighted by Crippen LogP contribution is 2.18. The molecule has 0 radical (unpaired) electrons. The van der Waals surface area contributed by atoms with Crippen LogP contribution in [0.5, 0.6) is 0 Å². The highest BCUT2D eigenvalue weighted by Gasteiger charge is 2.09. The Kier molecular flexibility index (Phi) is 6.14. The Morgan fingerprint density at radius 3 is 2.67 bits per heavy atom. The van der Waals surface area contributed by atoms with Crippen LogP contribution >= 0.6 is 11.8 Å². The van der Waals surface area contributed by atoms with Crippen molar-refractivity contribution in [3.05, 3.63) is 52.1 Å². The van der Waals surface area contributed by atoms with Crippen LogP contribution < -0.4 is 11.0 Å². The molecule has 0 saturated carbocycles. The second-order valence-electron chi connectivity index (χ2n) is 4.84. The first kappa shape index (κ1) is 17.7. The summed E-state index contributed by atoms with van der Waals surface area (Å²) in [4.78, 5) is 40.9. The molecule has 0 fully saturated rings. The first-order valence-electron chi connectivity index (χ1n) is 7.25. The van der Waals surface area contributed by atoms with E-state index in [4.69, 9.17) is 4.74 Å². The number of carbonyl (C=O) groups is 2. The summed E-state index contributed by atoms with van der Waals surface area (Å²) in [5.74, 6) is -0.482. The minimum Gasteiger partial charge on any atom is -0.462 e. The van der Waals surface area contributed by atoms with Crippen LogP contribution in [0.15, 0.2) is 40.3 Å². The molecule has 0 bridgehead atoms. The molecule has 126 valence electrons. The van der Waals surface area contributed by atoms with Crippen LogP contribution in [0.2, 0.25) is 0 Å². The summed E-state index contributed by atoms with van der Waals surface area (Å²) in [6.45, 7) is 3.85. The van der Waals surface area contributed by atoms with Gasteiger partial charge in [-0.05, 0) is 43.7 Å². The van der Waals surface area contributed by atoms with Crippen molar-refractivity contribution in [1.82, 2.24) is 9.97 Å². The Morgan fingerprint density at radius 1 is 1.29 bits per heavy atom. The normalized spacial score (nSPS) is 10.2. The Bertz CT molecular complexity index is 787. The number of anilines is 1. The average Bonchev–Trinajstić information content (AvgIpc) is 2.56. The van der Waals surface area contributed by atoms with Gasteiger partial charge in [-0.1, -0.05) is 11.8 Å². The van der Waals surface area contributed by atoms with Gasteiger partial charge in [0, 0.05) is 11.9 Å². The molecule has 8 heteroatoms. The van der Waals surface area contributed by atoms with Crippen molar-refractivity contribution in [2.45, 2.75) is 18.9 Å². The maximum absolute atomic E-state index is 12.0. The van der Waals surface area contributed by atoms with E-state index < -0.39 is 11.7 Å². The van der Waals surface area contributed by atoms with Crippen molar-refractivity contribution in [2.75, 3.05) is 17.7 Å². The Morgan fingerprint density at radius 2 is 2.00 bits per heavy atom. The van der Waals surface area contributed by atoms with Gasteiger partial charge in [-0.25, -0.2) is 14.6 Å². The number of aromatic nitrogens is 2. The highest BCUT2D eigenvalue weighted by molar-refractivity contribution is 8.00. The molecule has 2 rings (SSSR count). The third kappa shape index (κ3) is 4.95. The number of benzene rings is 1. The van der Waals surface area contributed by atoms with E-state index in [1.807, 2.05) is 0 Å². The van der Waals surface area contributed by atoms with Gasteiger partial charge in [-0.15, -0.1) is 0 Å². The lowest BCUT2D eigenvalue weighted by atomic mass is 10.2. The predicted octanol–water partition coefficient (Wildman–Crippen LogP) is 1.99. The van der Waals surface area contributed by atoms with E-state index in [1.54, 1.807) is 38.1 Å². The fraction of sp³-hybridized carbons (Fsp3) is 0.250. The molecular formula is C16H17N3O4S. The summed E-state index contributed by atoms with van der Waals surface area (Å²) in [5.41, 5.74) is 1.35. The van der Waals surface area contributed by atoms with Gasteiger partial charge in [-0.3, -0.25) is 4.79 Å². The van der Waals surface area contributed by atoms with E-state index in [9.17, 15) is 14.4 Å². The molecule has 2 aromatic rings. The van der Waals surface area contributed by atoms with Gasteiger partial charge in [0.05, 0.1) is 22.9 Å². The number of rotatable bonds is 6. The van der Waals surface area contributed by atoms with E-state index in [0.717, 1.165) is 5.56 Å².